The van der Waals surface area contributed by atoms with E-state index >= 15 is 0 Å². The topological polar surface area (TPSA) is 74.4 Å². The highest BCUT2D eigenvalue weighted by atomic mass is 32.1. The van der Waals surface area contributed by atoms with Gasteiger partial charge < -0.3 is 20.0 Å². The second kappa shape index (κ2) is 8.76. The van der Waals surface area contributed by atoms with Crippen LogP contribution in [0, 0.1) is 0 Å². The highest BCUT2D eigenvalue weighted by molar-refractivity contribution is 7.80. The molecular weight excluding hydrogens is 348 g/mol. The first kappa shape index (κ1) is 18.3. The second-order valence-electron chi connectivity index (χ2n) is 6.30. The molecule has 1 heterocycles. The van der Waals surface area contributed by atoms with Crippen LogP contribution in [0.3, 0.4) is 0 Å². The first-order chi connectivity index (χ1) is 12.7. The normalized spacial score (nSPS) is 15.3. The fourth-order valence-corrected chi connectivity index (χ4v) is 3.29. The zero-order chi connectivity index (χ0) is 18.4. The Morgan fingerprint density at radius 2 is 2.12 bits per heavy atom. The Hall–Kier alpha value is -2.47. The van der Waals surface area contributed by atoms with Crippen molar-refractivity contribution in [1.29, 1.82) is 0 Å². The summed E-state index contributed by atoms with van der Waals surface area (Å²) in [6.45, 7) is 1.09. The molecule has 6 heteroatoms. The zero-order valence-corrected chi connectivity index (χ0v) is 15.3. The van der Waals surface area contributed by atoms with Gasteiger partial charge in [-0.3, -0.25) is 0 Å². The summed E-state index contributed by atoms with van der Waals surface area (Å²) in [4.78, 5) is 15.2. The highest BCUT2D eigenvalue weighted by Gasteiger charge is 2.22. The largest absolute Gasteiger partial charge is 0.493 e. The maximum atomic E-state index is 10.7. The van der Waals surface area contributed by atoms with E-state index in [1.807, 2.05) is 6.07 Å². The lowest BCUT2D eigenvalue weighted by molar-refractivity contribution is -0.108. The highest BCUT2D eigenvalue weighted by Crippen LogP contribution is 2.36. The van der Waals surface area contributed by atoms with Gasteiger partial charge in [-0.1, -0.05) is 18.3 Å². The molecule has 0 bridgehead atoms. The van der Waals surface area contributed by atoms with Gasteiger partial charge in [0.1, 0.15) is 17.0 Å². The maximum Gasteiger partial charge on any atom is 0.213 e. The number of pyridine rings is 1. The van der Waals surface area contributed by atoms with Crippen molar-refractivity contribution in [2.75, 3.05) is 13.2 Å². The van der Waals surface area contributed by atoms with Gasteiger partial charge in [-0.15, -0.1) is 0 Å². The Morgan fingerprint density at radius 1 is 1.27 bits per heavy atom. The number of carbonyl (C=O) groups is 1. The molecule has 2 N–H and O–H groups in total. The summed E-state index contributed by atoms with van der Waals surface area (Å²) in [5.41, 5.74) is 8.85. The number of ether oxygens (including phenoxy) is 2. The van der Waals surface area contributed by atoms with E-state index in [0.29, 0.717) is 36.4 Å². The molecule has 1 aromatic carbocycles. The third-order valence-corrected chi connectivity index (χ3v) is 4.76. The van der Waals surface area contributed by atoms with E-state index in [9.17, 15) is 4.79 Å². The molecular formula is C20H22N2O3S. The summed E-state index contributed by atoms with van der Waals surface area (Å²) in [5, 5.41) is 0. The van der Waals surface area contributed by atoms with Gasteiger partial charge in [-0.25, -0.2) is 4.98 Å². The summed E-state index contributed by atoms with van der Waals surface area (Å²) in [6, 6.07) is 9.72. The SMILES string of the molecule is NC(=S)c1ccc(OCCCOc2ccc3c(c2)CC[C@H]3CC=O)nc1. The van der Waals surface area contributed by atoms with E-state index in [1.54, 1.807) is 18.3 Å². The molecule has 3 rings (SSSR count). The van der Waals surface area contributed by atoms with Crippen LogP contribution in [0.1, 0.15) is 41.9 Å². The van der Waals surface area contributed by atoms with Crippen molar-refractivity contribution >= 4 is 23.5 Å². The number of fused-ring (bicyclic) bond motifs is 1. The van der Waals surface area contributed by atoms with Crippen molar-refractivity contribution in [3.8, 4) is 11.6 Å². The molecule has 0 saturated carbocycles. The lowest BCUT2D eigenvalue weighted by Gasteiger charge is -2.11. The number of benzene rings is 1. The predicted molar refractivity (Wildman–Crippen MR) is 104 cm³/mol. The van der Waals surface area contributed by atoms with Gasteiger partial charge in [0, 0.05) is 30.7 Å². The van der Waals surface area contributed by atoms with Crippen molar-refractivity contribution in [2.45, 2.75) is 31.6 Å². The summed E-state index contributed by atoms with van der Waals surface area (Å²) >= 11 is 4.89. The minimum absolute atomic E-state index is 0.323. The quantitative estimate of drug-likeness (QED) is 0.415. The molecule has 0 amide bonds. The molecule has 5 nitrogen and oxygen atoms in total. The van der Waals surface area contributed by atoms with Crippen molar-refractivity contribution in [3.63, 3.8) is 0 Å². The van der Waals surface area contributed by atoms with Gasteiger partial charge in [0.2, 0.25) is 5.88 Å². The summed E-state index contributed by atoms with van der Waals surface area (Å²) in [7, 11) is 0. The number of hydrogen-bond acceptors (Lipinski definition) is 5. The predicted octanol–water partition coefficient (Wildman–Crippen LogP) is 3.18. The third kappa shape index (κ3) is 4.58. The number of aryl methyl sites for hydroxylation is 1. The molecule has 1 aromatic heterocycles. The van der Waals surface area contributed by atoms with Crippen LogP contribution in [0.25, 0.3) is 0 Å². The van der Waals surface area contributed by atoms with Crippen LogP contribution >= 0.6 is 12.2 Å². The van der Waals surface area contributed by atoms with Crippen molar-refractivity contribution in [1.82, 2.24) is 4.98 Å². The Balaban J connectivity index is 1.41. The van der Waals surface area contributed by atoms with Gasteiger partial charge in [-0.2, -0.15) is 0 Å². The average Bonchev–Trinajstić information content (AvgIpc) is 3.04. The van der Waals surface area contributed by atoms with Crippen LogP contribution in [-0.4, -0.2) is 29.5 Å². The van der Waals surface area contributed by atoms with Gasteiger partial charge in [0.15, 0.2) is 0 Å². The molecule has 1 atom stereocenters. The zero-order valence-electron chi connectivity index (χ0n) is 14.5. The average molecular weight is 370 g/mol. The molecule has 0 spiro atoms. The Kier molecular flexibility index (Phi) is 6.17. The van der Waals surface area contributed by atoms with Crippen molar-refractivity contribution in [2.24, 2.45) is 5.73 Å². The molecule has 0 saturated heterocycles. The van der Waals surface area contributed by atoms with E-state index in [4.69, 9.17) is 27.4 Å². The fraction of sp³-hybridized carbons (Fsp3) is 0.350. The number of hydrogen-bond donors (Lipinski definition) is 1. The summed E-state index contributed by atoms with van der Waals surface area (Å²) in [5.74, 6) is 1.79. The number of carbonyl (C=O) groups excluding carboxylic acids is 1. The van der Waals surface area contributed by atoms with Crippen LogP contribution in [0.15, 0.2) is 36.5 Å². The third-order valence-electron chi connectivity index (χ3n) is 4.53. The van der Waals surface area contributed by atoms with Crippen LogP contribution in [0.5, 0.6) is 11.6 Å². The van der Waals surface area contributed by atoms with E-state index in [1.165, 1.54) is 11.1 Å². The van der Waals surface area contributed by atoms with Crippen LogP contribution in [-0.2, 0) is 11.2 Å². The van der Waals surface area contributed by atoms with Crippen molar-refractivity contribution in [3.05, 3.63) is 53.2 Å². The Morgan fingerprint density at radius 3 is 2.85 bits per heavy atom. The van der Waals surface area contributed by atoms with E-state index in [-0.39, 0.29) is 0 Å². The fourth-order valence-electron chi connectivity index (χ4n) is 3.17. The molecule has 1 aliphatic carbocycles. The number of rotatable bonds is 9. The molecule has 0 radical (unpaired) electrons. The first-order valence-corrected chi connectivity index (χ1v) is 9.16. The minimum Gasteiger partial charge on any atom is -0.493 e. The van der Waals surface area contributed by atoms with E-state index in [0.717, 1.165) is 36.9 Å². The molecule has 136 valence electrons. The number of aromatic nitrogens is 1. The number of aldehydes is 1. The molecule has 0 fully saturated rings. The number of nitrogens with two attached hydrogens (primary N) is 1. The van der Waals surface area contributed by atoms with Crippen LogP contribution in [0.4, 0.5) is 0 Å². The first-order valence-electron chi connectivity index (χ1n) is 8.75. The lowest BCUT2D eigenvalue weighted by atomic mass is 9.99. The Bertz CT molecular complexity index is 777. The van der Waals surface area contributed by atoms with E-state index < -0.39 is 0 Å². The molecule has 0 unspecified atom stereocenters. The van der Waals surface area contributed by atoms with Gasteiger partial charge >= 0.3 is 0 Å². The van der Waals surface area contributed by atoms with Gasteiger partial charge in [-0.05, 0) is 48.1 Å². The van der Waals surface area contributed by atoms with Crippen molar-refractivity contribution < 1.29 is 14.3 Å². The van der Waals surface area contributed by atoms with Crippen LogP contribution < -0.4 is 15.2 Å². The molecule has 1 aliphatic rings. The van der Waals surface area contributed by atoms with Gasteiger partial charge in [0.05, 0.1) is 13.2 Å². The number of nitrogens with zero attached hydrogens (tertiary/aromatic N) is 1. The van der Waals surface area contributed by atoms with E-state index in [2.05, 4.69) is 17.1 Å². The Labute approximate surface area is 158 Å². The molecule has 26 heavy (non-hydrogen) atoms. The molecule has 2 aromatic rings. The second-order valence-corrected chi connectivity index (χ2v) is 6.74. The smallest absolute Gasteiger partial charge is 0.213 e. The standard InChI is InChI=1S/C20H22N2O3S/c21-20(26)16-4-7-19(22-13-16)25-11-1-10-24-17-5-6-18-14(8-9-23)2-3-15(18)12-17/h4-7,9,12-14H,1-3,8,10-11H2,(H2,21,26)/t14-/m0/s1. The monoisotopic (exact) mass is 370 g/mol. The van der Waals surface area contributed by atoms with Crippen LogP contribution in [0.2, 0.25) is 0 Å². The summed E-state index contributed by atoms with van der Waals surface area (Å²) < 4.78 is 11.4. The lowest BCUT2D eigenvalue weighted by Crippen LogP contribution is -2.10. The minimum atomic E-state index is 0.323. The summed E-state index contributed by atoms with van der Waals surface area (Å²) in [6.07, 6.45) is 6.04. The van der Waals surface area contributed by atoms with Gasteiger partial charge in [0.25, 0.3) is 0 Å². The number of thiocarbonyl (C=S) groups is 1. The molecule has 0 aliphatic heterocycles. The maximum absolute atomic E-state index is 10.7.